The third kappa shape index (κ3) is 4.06. The molecule has 3 N–H and O–H groups in total. The monoisotopic (exact) mass is 276 g/mol. The van der Waals surface area contributed by atoms with E-state index < -0.39 is 0 Å². The van der Waals surface area contributed by atoms with Crippen LogP contribution in [0.2, 0.25) is 0 Å². The molecule has 1 unspecified atom stereocenters. The number of hydrogen-bond acceptors (Lipinski definition) is 4. The van der Waals surface area contributed by atoms with Crippen molar-refractivity contribution in [3.63, 3.8) is 0 Å². The minimum atomic E-state index is 0.138. The van der Waals surface area contributed by atoms with E-state index in [2.05, 4.69) is 42.0 Å². The number of thiophene rings is 1. The van der Waals surface area contributed by atoms with Crippen LogP contribution in [-0.2, 0) is 6.42 Å². The number of benzene rings is 1. The summed E-state index contributed by atoms with van der Waals surface area (Å²) < 4.78 is 5.58. The molecule has 3 nitrogen and oxygen atoms in total. The van der Waals surface area contributed by atoms with Gasteiger partial charge in [0.05, 0.1) is 12.6 Å². The summed E-state index contributed by atoms with van der Waals surface area (Å²) in [5, 5.41) is 2.09. The molecule has 0 aliphatic rings. The Labute approximate surface area is 118 Å². The van der Waals surface area contributed by atoms with E-state index in [1.807, 2.05) is 12.1 Å². The Kier molecular flexibility index (Phi) is 5.39. The fourth-order valence-electron chi connectivity index (χ4n) is 1.92. The zero-order chi connectivity index (χ0) is 13.5. The average Bonchev–Trinajstić information content (AvgIpc) is 2.96. The van der Waals surface area contributed by atoms with Gasteiger partial charge >= 0.3 is 0 Å². The Morgan fingerprint density at radius 2 is 2.05 bits per heavy atom. The Hall–Kier alpha value is -1.36. The fraction of sp³-hybridized carbons (Fsp3) is 0.333. The maximum atomic E-state index is 5.66. The third-order valence-electron chi connectivity index (χ3n) is 2.94. The van der Waals surface area contributed by atoms with Crippen molar-refractivity contribution < 1.29 is 4.74 Å². The van der Waals surface area contributed by atoms with Gasteiger partial charge in [0.15, 0.2) is 0 Å². The maximum absolute atomic E-state index is 5.66. The zero-order valence-electron chi connectivity index (χ0n) is 11.1. The molecule has 4 heteroatoms. The first-order valence-corrected chi connectivity index (χ1v) is 7.42. The molecular weight excluding hydrogens is 256 g/mol. The highest BCUT2D eigenvalue weighted by Gasteiger charge is 2.11. The molecule has 1 aromatic carbocycles. The molecule has 0 fully saturated rings. The summed E-state index contributed by atoms with van der Waals surface area (Å²) in [6.07, 6.45) is 1.93. The van der Waals surface area contributed by atoms with Crippen LogP contribution in [0.1, 0.15) is 29.8 Å². The maximum Gasteiger partial charge on any atom is 0.119 e. The van der Waals surface area contributed by atoms with Crippen LogP contribution >= 0.6 is 11.3 Å². The van der Waals surface area contributed by atoms with Crippen molar-refractivity contribution >= 4 is 11.3 Å². The number of hydrogen-bond donors (Lipinski definition) is 2. The number of ether oxygens (including phenoxy) is 1. The highest BCUT2D eigenvalue weighted by atomic mass is 32.1. The van der Waals surface area contributed by atoms with Crippen molar-refractivity contribution in [3.05, 3.63) is 52.2 Å². The second-order valence-corrected chi connectivity index (χ2v) is 5.45. The second-order valence-electron chi connectivity index (χ2n) is 4.42. The summed E-state index contributed by atoms with van der Waals surface area (Å²) in [5.74, 6) is 6.58. The lowest BCUT2D eigenvalue weighted by molar-refractivity contribution is 0.317. The van der Waals surface area contributed by atoms with E-state index in [1.54, 1.807) is 11.3 Å². The Morgan fingerprint density at radius 3 is 2.63 bits per heavy atom. The lowest BCUT2D eigenvalue weighted by Gasteiger charge is -2.16. The van der Waals surface area contributed by atoms with Crippen LogP contribution in [0.5, 0.6) is 5.75 Å². The molecule has 0 saturated heterocycles. The van der Waals surface area contributed by atoms with Gasteiger partial charge in [-0.25, -0.2) is 0 Å². The topological polar surface area (TPSA) is 47.3 Å². The van der Waals surface area contributed by atoms with E-state index in [0.717, 1.165) is 25.2 Å². The Balaban J connectivity index is 2.02. The second kappa shape index (κ2) is 7.28. The Morgan fingerprint density at radius 1 is 1.26 bits per heavy atom. The van der Waals surface area contributed by atoms with Crippen LogP contribution in [0.4, 0.5) is 0 Å². The highest BCUT2D eigenvalue weighted by Crippen LogP contribution is 2.22. The van der Waals surface area contributed by atoms with Crippen LogP contribution in [0, 0.1) is 0 Å². The van der Waals surface area contributed by atoms with Crippen LogP contribution in [-0.4, -0.2) is 6.61 Å². The molecule has 0 spiro atoms. The largest absolute Gasteiger partial charge is 0.494 e. The van der Waals surface area contributed by atoms with Gasteiger partial charge in [0, 0.05) is 11.3 Å². The summed E-state index contributed by atoms with van der Waals surface area (Å²) in [7, 11) is 0. The third-order valence-corrected chi connectivity index (χ3v) is 3.84. The quantitative estimate of drug-likeness (QED) is 0.602. The smallest absolute Gasteiger partial charge is 0.119 e. The van der Waals surface area contributed by atoms with Gasteiger partial charge in [-0.2, -0.15) is 0 Å². The highest BCUT2D eigenvalue weighted by molar-refractivity contribution is 7.09. The van der Waals surface area contributed by atoms with E-state index in [4.69, 9.17) is 10.6 Å². The first-order valence-electron chi connectivity index (χ1n) is 6.54. The van der Waals surface area contributed by atoms with Gasteiger partial charge in [0.1, 0.15) is 5.75 Å². The molecule has 0 aliphatic carbocycles. The van der Waals surface area contributed by atoms with Crippen molar-refractivity contribution in [1.82, 2.24) is 5.43 Å². The van der Waals surface area contributed by atoms with Gasteiger partial charge < -0.3 is 4.74 Å². The lowest BCUT2D eigenvalue weighted by atomic mass is 10.0. The standard InChI is InChI=1S/C15H20N2OS/c1-2-9-18-13-7-5-12(6-8-13)15(17-16)11-14-4-3-10-19-14/h3-8,10,15,17H,2,9,11,16H2,1H3. The van der Waals surface area contributed by atoms with Gasteiger partial charge in [-0.15, -0.1) is 11.3 Å². The molecule has 19 heavy (non-hydrogen) atoms. The van der Waals surface area contributed by atoms with Gasteiger partial charge in [0.25, 0.3) is 0 Å². The number of hydrazine groups is 1. The minimum absolute atomic E-state index is 0.138. The summed E-state index contributed by atoms with van der Waals surface area (Å²) in [4.78, 5) is 1.33. The summed E-state index contributed by atoms with van der Waals surface area (Å²) in [5.41, 5.74) is 4.07. The van der Waals surface area contributed by atoms with E-state index in [1.165, 1.54) is 10.4 Å². The molecule has 2 rings (SSSR count). The van der Waals surface area contributed by atoms with Gasteiger partial charge in [-0.3, -0.25) is 11.3 Å². The lowest BCUT2D eigenvalue weighted by Crippen LogP contribution is -2.29. The molecule has 0 radical (unpaired) electrons. The molecule has 0 bridgehead atoms. The Bertz CT molecular complexity index is 467. The van der Waals surface area contributed by atoms with Crippen LogP contribution in [0.3, 0.4) is 0 Å². The van der Waals surface area contributed by atoms with Crippen LogP contribution in [0.15, 0.2) is 41.8 Å². The van der Waals surface area contributed by atoms with Crippen molar-refractivity contribution in [2.75, 3.05) is 6.61 Å². The fourth-order valence-corrected chi connectivity index (χ4v) is 2.67. The predicted molar refractivity (Wildman–Crippen MR) is 80.3 cm³/mol. The van der Waals surface area contributed by atoms with E-state index in [0.29, 0.717) is 0 Å². The SMILES string of the molecule is CCCOc1ccc(C(Cc2cccs2)NN)cc1. The van der Waals surface area contributed by atoms with Gasteiger partial charge in [-0.05, 0) is 35.6 Å². The molecule has 2 aromatic rings. The van der Waals surface area contributed by atoms with Crippen LogP contribution < -0.4 is 16.0 Å². The first kappa shape index (κ1) is 14.1. The number of rotatable bonds is 7. The molecule has 0 aliphatic heterocycles. The van der Waals surface area contributed by atoms with Crippen LogP contribution in [0.25, 0.3) is 0 Å². The zero-order valence-corrected chi connectivity index (χ0v) is 12.0. The minimum Gasteiger partial charge on any atom is -0.494 e. The van der Waals surface area contributed by atoms with E-state index >= 15 is 0 Å². The first-order chi connectivity index (χ1) is 9.33. The molecule has 102 valence electrons. The van der Waals surface area contributed by atoms with Gasteiger partial charge in [-0.1, -0.05) is 25.1 Å². The van der Waals surface area contributed by atoms with Crippen molar-refractivity contribution in [1.29, 1.82) is 0 Å². The van der Waals surface area contributed by atoms with E-state index in [9.17, 15) is 0 Å². The predicted octanol–water partition coefficient (Wildman–Crippen LogP) is 3.28. The van der Waals surface area contributed by atoms with E-state index in [-0.39, 0.29) is 6.04 Å². The molecule has 0 amide bonds. The molecule has 1 aromatic heterocycles. The average molecular weight is 276 g/mol. The van der Waals surface area contributed by atoms with Gasteiger partial charge in [0.2, 0.25) is 0 Å². The number of nitrogens with one attached hydrogen (secondary N) is 1. The summed E-state index contributed by atoms with van der Waals surface area (Å²) >= 11 is 1.76. The van der Waals surface area contributed by atoms with Crippen molar-refractivity contribution in [2.45, 2.75) is 25.8 Å². The van der Waals surface area contributed by atoms with Crippen molar-refractivity contribution in [2.24, 2.45) is 5.84 Å². The molecule has 0 saturated carbocycles. The summed E-state index contributed by atoms with van der Waals surface area (Å²) in [6.45, 7) is 2.86. The molecular formula is C15H20N2OS. The number of nitrogens with two attached hydrogens (primary N) is 1. The molecule has 1 atom stereocenters. The summed E-state index contributed by atoms with van der Waals surface area (Å²) in [6, 6.07) is 12.5. The van der Waals surface area contributed by atoms with Crippen molar-refractivity contribution in [3.8, 4) is 5.75 Å². The normalized spacial score (nSPS) is 12.3. The molecule has 1 heterocycles.